The molecule has 0 unspecified atom stereocenters. The van der Waals surface area contributed by atoms with E-state index in [9.17, 15) is 9.59 Å². The molecule has 0 aliphatic heterocycles. The number of fused-ring (bicyclic) bond motifs is 1. The summed E-state index contributed by atoms with van der Waals surface area (Å²) in [6.07, 6.45) is 4.96. The van der Waals surface area contributed by atoms with E-state index in [2.05, 4.69) is 30.7 Å². The molecule has 0 aliphatic carbocycles. The van der Waals surface area contributed by atoms with Crippen molar-refractivity contribution in [1.29, 1.82) is 0 Å². The molecule has 0 atom stereocenters. The smallest absolute Gasteiger partial charge is 0.261 e. The Kier molecular flexibility index (Phi) is 5.97. The average molecular weight is 418 g/mol. The largest absolute Gasteiger partial charge is 0.368 e. The zero-order valence-electron chi connectivity index (χ0n) is 17.0. The van der Waals surface area contributed by atoms with Gasteiger partial charge in [-0.05, 0) is 25.1 Å². The molecule has 0 saturated heterocycles. The van der Waals surface area contributed by atoms with Crippen molar-refractivity contribution >= 4 is 22.6 Å². The molecule has 10 heteroatoms. The molecule has 0 radical (unpaired) electrons. The highest BCUT2D eigenvalue weighted by Gasteiger charge is 2.07. The van der Waals surface area contributed by atoms with E-state index in [0.717, 1.165) is 5.69 Å². The van der Waals surface area contributed by atoms with Crippen LogP contribution >= 0.6 is 0 Å². The van der Waals surface area contributed by atoms with Gasteiger partial charge in [-0.15, -0.1) is 0 Å². The Balaban J connectivity index is 1.24. The standard InChI is InChI=1S/C21H22N8O2/c1-15-6-11-29(27-15)19-12-18(24-13-25-19)22-8-9-23-20(30)7-10-28-14-26-17-5-3-2-4-16(17)21(28)31/h2-6,11-14H,7-10H2,1H3,(H,23,30)(H,22,24,25). The maximum Gasteiger partial charge on any atom is 0.261 e. The molecule has 1 amide bonds. The molecule has 3 aromatic heterocycles. The number of carbonyl (C=O) groups is 1. The predicted molar refractivity (Wildman–Crippen MR) is 116 cm³/mol. The fraction of sp³-hybridized carbons (Fsp3) is 0.238. The molecule has 0 saturated carbocycles. The molecule has 0 spiro atoms. The van der Waals surface area contributed by atoms with Gasteiger partial charge >= 0.3 is 0 Å². The van der Waals surface area contributed by atoms with Crippen LogP contribution in [0, 0.1) is 6.92 Å². The Bertz CT molecular complexity index is 1260. The van der Waals surface area contributed by atoms with Gasteiger partial charge in [0.05, 0.1) is 22.9 Å². The number of amides is 1. The maximum absolute atomic E-state index is 12.5. The minimum Gasteiger partial charge on any atom is -0.368 e. The number of rotatable bonds is 8. The lowest BCUT2D eigenvalue weighted by molar-refractivity contribution is -0.121. The van der Waals surface area contributed by atoms with E-state index in [1.54, 1.807) is 28.9 Å². The third kappa shape index (κ3) is 4.92. The van der Waals surface area contributed by atoms with Crippen molar-refractivity contribution < 1.29 is 4.79 Å². The molecule has 4 rings (SSSR count). The second-order valence-corrected chi connectivity index (χ2v) is 6.95. The summed E-state index contributed by atoms with van der Waals surface area (Å²) in [4.78, 5) is 37.2. The molecule has 0 bridgehead atoms. The molecule has 1 aromatic carbocycles. The minimum absolute atomic E-state index is 0.141. The van der Waals surface area contributed by atoms with Crippen LogP contribution in [-0.4, -0.2) is 48.3 Å². The first-order chi connectivity index (χ1) is 15.1. The second-order valence-electron chi connectivity index (χ2n) is 6.95. The van der Waals surface area contributed by atoms with E-state index in [0.29, 0.717) is 35.6 Å². The average Bonchev–Trinajstić information content (AvgIpc) is 3.23. The predicted octanol–water partition coefficient (Wildman–Crippen LogP) is 1.30. The van der Waals surface area contributed by atoms with Gasteiger partial charge in [0.2, 0.25) is 5.91 Å². The third-order valence-electron chi connectivity index (χ3n) is 4.67. The number of carbonyl (C=O) groups excluding carboxylic acids is 1. The first-order valence-corrected chi connectivity index (χ1v) is 9.89. The highest BCUT2D eigenvalue weighted by atomic mass is 16.1. The highest BCUT2D eigenvalue weighted by Crippen LogP contribution is 2.08. The summed E-state index contributed by atoms with van der Waals surface area (Å²) in [5.41, 5.74) is 1.40. The van der Waals surface area contributed by atoms with Crippen LogP contribution in [0.1, 0.15) is 12.1 Å². The Morgan fingerprint density at radius 1 is 1.10 bits per heavy atom. The van der Waals surface area contributed by atoms with Crippen molar-refractivity contribution in [1.82, 2.24) is 34.6 Å². The molecular weight excluding hydrogens is 396 g/mol. The van der Waals surface area contributed by atoms with Crippen LogP contribution < -0.4 is 16.2 Å². The number of nitrogens with zero attached hydrogens (tertiary/aromatic N) is 6. The third-order valence-corrected chi connectivity index (χ3v) is 4.67. The summed E-state index contributed by atoms with van der Waals surface area (Å²) in [5.74, 6) is 1.16. The van der Waals surface area contributed by atoms with Crippen molar-refractivity contribution in [3.05, 3.63) is 71.3 Å². The van der Waals surface area contributed by atoms with Gasteiger partial charge in [0, 0.05) is 38.3 Å². The van der Waals surface area contributed by atoms with E-state index >= 15 is 0 Å². The van der Waals surface area contributed by atoms with E-state index in [-0.39, 0.29) is 24.4 Å². The van der Waals surface area contributed by atoms with Crippen LogP contribution in [0.5, 0.6) is 0 Å². The summed E-state index contributed by atoms with van der Waals surface area (Å²) in [7, 11) is 0. The van der Waals surface area contributed by atoms with E-state index < -0.39 is 0 Å². The number of aromatic nitrogens is 6. The van der Waals surface area contributed by atoms with Crippen LogP contribution in [0.15, 0.2) is 60.0 Å². The summed E-state index contributed by atoms with van der Waals surface area (Å²) >= 11 is 0. The fourth-order valence-corrected chi connectivity index (χ4v) is 3.08. The van der Waals surface area contributed by atoms with Gasteiger partial charge in [0.1, 0.15) is 12.1 Å². The molecule has 0 aliphatic rings. The quantitative estimate of drug-likeness (QED) is 0.414. The highest BCUT2D eigenvalue weighted by molar-refractivity contribution is 5.77. The van der Waals surface area contributed by atoms with Crippen LogP contribution in [0.25, 0.3) is 16.7 Å². The molecule has 0 fully saturated rings. The summed E-state index contributed by atoms with van der Waals surface area (Å²) < 4.78 is 3.13. The van der Waals surface area contributed by atoms with Gasteiger partial charge in [-0.2, -0.15) is 5.10 Å². The maximum atomic E-state index is 12.5. The van der Waals surface area contributed by atoms with Gasteiger partial charge < -0.3 is 10.6 Å². The number of benzene rings is 1. The van der Waals surface area contributed by atoms with Gasteiger partial charge in [-0.1, -0.05) is 12.1 Å². The molecule has 2 N–H and O–H groups in total. The van der Waals surface area contributed by atoms with Crippen molar-refractivity contribution in [2.75, 3.05) is 18.4 Å². The van der Waals surface area contributed by atoms with Gasteiger partial charge in [0.15, 0.2) is 5.82 Å². The Morgan fingerprint density at radius 2 is 1.97 bits per heavy atom. The SMILES string of the molecule is Cc1ccn(-c2cc(NCCNC(=O)CCn3cnc4ccccc4c3=O)ncn2)n1. The zero-order chi connectivity index (χ0) is 21.6. The monoisotopic (exact) mass is 418 g/mol. The minimum atomic E-state index is -0.146. The number of anilines is 1. The molecule has 10 nitrogen and oxygen atoms in total. The molecule has 3 heterocycles. The normalized spacial score (nSPS) is 10.9. The first-order valence-electron chi connectivity index (χ1n) is 9.89. The van der Waals surface area contributed by atoms with Crippen LogP contribution in [0.3, 0.4) is 0 Å². The van der Waals surface area contributed by atoms with Crippen molar-refractivity contribution in [2.45, 2.75) is 19.9 Å². The zero-order valence-corrected chi connectivity index (χ0v) is 17.0. The number of nitrogens with one attached hydrogen (secondary N) is 2. The number of hydrogen-bond donors (Lipinski definition) is 2. The van der Waals surface area contributed by atoms with Gasteiger partial charge in [0.25, 0.3) is 5.56 Å². The number of aryl methyl sites for hydroxylation is 2. The van der Waals surface area contributed by atoms with E-state index in [1.165, 1.54) is 17.2 Å². The topological polar surface area (TPSA) is 120 Å². The summed E-state index contributed by atoms with van der Waals surface area (Å²) in [6, 6.07) is 10.8. The molecule has 4 aromatic rings. The fourth-order valence-electron chi connectivity index (χ4n) is 3.08. The Morgan fingerprint density at radius 3 is 2.81 bits per heavy atom. The summed E-state index contributed by atoms with van der Waals surface area (Å²) in [6.45, 7) is 3.10. The van der Waals surface area contributed by atoms with Crippen LogP contribution in [0.2, 0.25) is 0 Å². The lowest BCUT2D eigenvalue weighted by Gasteiger charge is -2.09. The van der Waals surface area contributed by atoms with Crippen molar-refractivity contribution in [2.24, 2.45) is 0 Å². The number of para-hydroxylation sites is 1. The first kappa shape index (κ1) is 20.2. The molecule has 158 valence electrons. The van der Waals surface area contributed by atoms with E-state index in [1.807, 2.05) is 25.3 Å². The summed E-state index contributed by atoms with van der Waals surface area (Å²) in [5, 5.41) is 10.8. The Hall–Kier alpha value is -4.08. The van der Waals surface area contributed by atoms with Gasteiger partial charge in [-0.25, -0.2) is 19.6 Å². The molecular formula is C21H22N8O2. The number of hydrogen-bond acceptors (Lipinski definition) is 7. The lowest BCUT2D eigenvalue weighted by Crippen LogP contribution is -2.31. The molecule has 31 heavy (non-hydrogen) atoms. The van der Waals surface area contributed by atoms with E-state index in [4.69, 9.17) is 0 Å². The lowest BCUT2D eigenvalue weighted by atomic mass is 10.2. The van der Waals surface area contributed by atoms with Crippen LogP contribution in [0.4, 0.5) is 5.82 Å². The van der Waals surface area contributed by atoms with Crippen molar-refractivity contribution in [3.63, 3.8) is 0 Å². The second kappa shape index (κ2) is 9.16. The van der Waals surface area contributed by atoms with Crippen molar-refractivity contribution in [3.8, 4) is 5.82 Å². The Labute approximate surface area is 178 Å². The van der Waals surface area contributed by atoms with Gasteiger partial charge in [-0.3, -0.25) is 14.2 Å². The van der Waals surface area contributed by atoms with Crippen LogP contribution in [-0.2, 0) is 11.3 Å².